The molecule has 2 heterocycles. The first-order valence-corrected chi connectivity index (χ1v) is 9.81. The standard InChI is InChI=1S/C21H31N5O2/c1-16(28-20-7-5-19(27-4)6-8-20)12-23-21(22-2)26-10-9-17(15-26)11-18-13-24-25(3)14-18/h5-8,13-14,16-17H,9-12,15H2,1-4H3,(H,22,23). The van der Waals surface area contributed by atoms with Gasteiger partial charge in [-0.2, -0.15) is 5.10 Å². The lowest BCUT2D eigenvalue weighted by molar-refractivity contribution is 0.222. The molecule has 1 fully saturated rings. The molecule has 1 aromatic heterocycles. The van der Waals surface area contributed by atoms with Crippen LogP contribution in [0.4, 0.5) is 0 Å². The molecule has 7 nitrogen and oxygen atoms in total. The number of rotatable bonds is 7. The molecular weight excluding hydrogens is 354 g/mol. The van der Waals surface area contributed by atoms with Crippen molar-refractivity contribution in [2.75, 3.05) is 33.8 Å². The Kier molecular flexibility index (Phi) is 6.79. The van der Waals surface area contributed by atoms with Gasteiger partial charge in [0.05, 0.1) is 19.9 Å². The van der Waals surface area contributed by atoms with Gasteiger partial charge in [-0.25, -0.2) is 0 Å². The molecule has 1 aliphatic heterocycles. The van der Waals surface area contributed by atoms with Gasteiger partial charge in [0.15, 0.2) is 5.96 Å². The average molecular weight is 386 g/mol. The molecule has 1 aliphatic rings. The minimum atomic E-state index is 0.0268. The van der Waals surface area contributed by atoms with Crippen molar-refractivity contribution in [3.05, 3.63) is 42.2 Å². The van der Waals surface area contributed by atoms with Gasteiger partial charge in [0.1, 0.15) is 17.6 Å². The van der Waals surface area contributed by atoms with Gasteiger partial charge in [-0.05, 0) is 55.5 Å². The lowest BCUT2D eigenvalue weighted by Crippen LogP contribution is -2.43. The summed E-state index contributed by atoms with van der Waals surface area (Å²) in [6.07, 6.45) is 6.34. The number of aryl methyl sites for hydroxylation is 1. The first-order chi connectivity index (χ1) is 13.6. The van der Waals surface area contributed by atoms with Gasteiger partial charge in [0.25, 0.3) is 0 Å². The average Bonchev–Trinajstić information content (AvgIpc) is 3.32. The topological polar surface area (TPSA) is 63.9 Å². The summed E-state index contributed by atoms with van der Waals surface area (Å²) in [5, 5.41) is 7.72. The number of benzene rings is 1. The molecule has 2 atom stereocenters. The Labute approximate surface area is 167 Å². The fourth-order valence-corrected chi connectivity index (χ4v) is 3.60. The monoisotopic (exact) mass is 385 g/mol. The molecular formula is C21H31N5O2. The molecule has 1 saturated heterocycles. The van der Waals surface area contributed by atoms with Crippen molar-refractivity contribution in [2.45, 2.75) is 25.9 Å². The lowest BCUT2D eigenvalue weighted by Gasteiger charge is -2.23. The van der Waals surface area contributed by atoms with Crippen molar-refractivity contribution in [1.29, 1.82) is 0 Å². The van der Waals surface area contributed by atoms with E-state index >= 15 is 0 Å². The number of nitrogens with zero attached hydrogens (tertiary/aromatic N) is 4. The van der Waals surface area contributed by atoms with Gasteiger partial charge in [-0.1, -0.05) is 0 Å². The van der Waals surface area contributed by atoms with Crippen molar-refractivity contribution in [1.82, 2.24) is 20.0 Å². The van der Waals surface area contributed by atoms with E-state index in [4.69, 9.17) is 9.47 Å². The minimum absolute atomic E-state index is 0.0268. The van der Waals surface area contributed by atoms with Crippen LogP contribution < -0.4 is 14.8 Å². The molecule has 0 radical (unpaired) electrons. The third kappa shape index (κ3) is 5.41. The minimum Gasteiger partial charge on any atom is -0.497 e. The molecule has 2 unspecified atom stereocenters. The Balaban J connectivity index is 1.44. The zero-order valence-corrected chi connectivity index (χ0v) is 17.3. The highest BCUT2D eigenvalue weighted by molar-refractivity contribution is 5.80. The van der Waals surface area contributed by atoms with Gasteiger partial charge in [0.2, 0.25) is 0 Å². The Hall–Kier alpha value is -2.70. The number of nitrogens with one attached hydrogen (secondary N) is 1. The summed E-state index contributed by atoms with van der Waals surface area (Å²) >= 11 is 0. The van der Waals surface area contributed by atoms with E-state index in [2.05, 4.69) is 33.4 Å². The third-order valence-electron chi connectivity index (χ3n) is 5.02. The summed E-state index contributed by atoms with van der Waals surface area (Å²) in [6.45, 7) is 4.79. The second-order valence-corrected chi connectivity index (χ2v) is 7.36. The van der Waals surface area contributed by atoms with Crippen LogP contribution in [0.25, 0.3) is 0 Å². The predicted molar refractivity (Wildman–Crippen MR) is 111 cm³/mol. The first-order valence-electron chi connectivity index (χ1n) is 9.81. The summed E-state index contributed by atoms with van der Waals surface area (Å²) in [6, 6.07) is 7.66. The molecule has 0 amide bonds. The van der Waals surface area contributed by atoms with Gasteiger partial charge < -0.3 is 19.7 Å². The Bertz CT molecular complexity index is 771. The van der Waals surface area contributed by atoms with E-state index in [1.54, 1.807) is 7.11 Å². The van der Waals surface area contributed by atoms with E-state index in [-0.39, 0.29) is 6.10 Å². The van der Waals surface area contributed by atoms with Crippen LogP contribution in [0.1, 0.15) is 18.9 Å². The zero-order chi connectivity index (χ0) is 19.9. The molecule has 28 heavy (non-hydrogen) atoms. The fourth-order valence-electron chi connectivity index (χ4n) is 3.60. The Morgan fingerprint density at radius 1 is 1.32 bits per heavy atom. The van der Waals surface area contributed by atoms with Crippen molar-refractivity contribution in [2.24, 2.45) is 18.0 Å². The van der Waals surface area contributed by atoms with Gasteiger partial charge in [-0.3, -0.25) is 9.67 Å². The summed E-state index contributed by atoms with van der Waals surface area (Å²) in [7, 11) is 5.46. The van der Waals surface area contributed by atoms with E-state index < -0.39 is 0 Å². The number of likely N-dealkylation sites (tertiary alicyclic amines) is 1. The summed E-state index contributed by atoms with van der Waals surface area (Å²) < 4.78 is 13.0. The number of hydrogen-bond acceptors (Lipinski definition) is 4. The van der Waals surface area contributed by atoms with Crippen molar-refractivity contribution < 1.29 is 9.47 Å². The predicted octanol–water partition coefficient (Wildman–Crippen LogP) is 2.34. The van der Waals surface area contributed by atoms with Crippen molar-refractivity contribution in [3.8, 4) is 11.5 Å². The maximum Gasteiger partial charge on any atom is 0.193 e. The third-order valence-corrected chi connectivity index (χ3v) is 5.02. The number of aliphatic imine (C=N–C) groups is 1. The van der Waals surface area contributed by atoms with Gasteiger partial charge in [0, 0.05) is 33.4 Å². The number of guanidine groups is 1. The lowest BCUT2D eigenvalue weighted by atomic mass is 10.0. The molecule has 0 spiro atoms. The number of aromatic nitrogens is 2. The molecule has 3 rings (SSSR count). The van der Waals surface area contributed by atoms with E-state index in [1.807, 2.05) is 49.2 Å². The Morgan fingerprint density at radius 3 is 2.71 bits per heavy atom. The summed E-state index contributed by atoms with van der Waals surface area (Å²) in [5.74, 6) is 3.24. The molecule has 0 bridgehead atoms. The van der Waals surface area contributed by atoms with E-state index in [0.29, 0.717) is 12.5 Å². The van der Waals surface area contributed by atoms with Crippen LogP contribution in [-0.4, -0.2) is 60.5 Å². The zero-order valence-electron chi connectivity index (χ0n) is 17.3. The van der Waals surface area contributed by atoms with E-state index in [0.717, 1.165) is 37.0 Å². The molecule has 1 N–H and O–H groups in total. The number of ether oxygens (including phenoxy) is 2. The van der Waals surface area contributed by atoms with Crippen LogP contribution in [0.3, 0.4) is 0 Å². The van der Waals surface area contributed by atoms with E-state index in [9.17, 15) is 0 Å². The highest BCUT2D eigenvalue weighted by Crippen LogP contribution is 2.21. The van der Waals surface area contributed by atoms with Crippen LogP contribution in [0.5, 0.6) is 11.5 Å². The SMILES string of the molecule is CN=C(NCC(C)Oc1ccc(OC)cc1)N1CCC(Cc2cnn(C)c2)C1. The van der Waals surface area contributed by atoms with Crippen LogP contribution in [0, 0.1) is 5.92 Å². The molecule has 2 aromatic rings. The summed E-state index contributed by atoms with van der Waals surface area (Å²) in [5.41, 5.74) is 1.30. The molecule has 152 valence electrons. The van der Waals surface area contributed by atoms with Crippen LogP contribution in [0.15, 0.2) is 41.7 Å². The second-order valence-electron chi connectivity index (χ2n) is 7.36. The molecule has 1 aromatic carbocycles. The van der Waals surface area contributed by atoms with E-state index in [1.165, 1.54) is 12.0 Å². The molecule has 0 aliphatic carbocycles. The highest BCUT2D eigenvalue weighted by Gasteiger charge is 2.25. The normalized spacial score (nSPS) is 18.2. The van der Waals surface area contributed by atoms with Crippen molar-refractivity contribution >= 4 is 5.96 Å². The quantitative estimate of drug-likeness (QED) is 0.585. The first kappa shape index (κ1) is 20.0. The van der Waals surface area contributed by atoms with Crippen LogP contribution in [0.2, 0.25) is 0 Å². The van der Waals surface area contributed by atoms with Crippen molar-refractivity contribution in [3.63, 3.8) is 0 Å². The maximum atomic E-state index is 5.97. The highest BCUT2D eigenvalue weighted by atomic mass is 16.5. The number of methoxy groups -OCH3 is 1. The smallest absolute Gasteiger partial charge is 0.193 e. The maximum absolute atomic E-state index is 5.97. The fraction of sp³-hybridized carbons (Fsp3) is 0.524. The number of hydrogen-bond donors (Lipinski definition) is 1. The van der Waals surface area contributed by atoms with Crippen LogP contribution in [-0.2, 0) is 13.5 Å². The van der Waals surface area contributed by atoms with Gasteiger partial charge >= 0.3 is 0 Å². The second kappa shape index (κ2) is 9.48. The Morgan fingerprint density at radius 2 is 2.07 bits per heavy atom. The molecule has 0 saturated carbocycles. The molecule has 7 heteroatoms. The summed E-state index contributed by atoms with van der Waals surface area (Å²) in [4.78, 5) is 6.79. The van der Waals surface area contributed by atoms with Crippen LogP contribution >= 0.6 is 0 Å². The largest absolute Gasteiger partial charge is 0.497 e. The van der Waals surface area contributed by atoms with Gasteiger partial charge in [-0.15, -0.1) is 0 Å².